The summed E-state index contributed by atoms with van der Waals surface area (Å²) in [6, 6.07) is 2.01. The van der Waals surface area contributed by atoms with Gasteiger partial charge in [-0.1, -0.05) is 0 Å². The molecule has 0 N–H and O–H groups in total. The first-order chi connectivity index (χ1) is 10.5. The van der Waals surface area contributed by atoms with Crippen molar-refractivity contribution < 1.29 is 4.79 Å². The first kappa shape index (κ1) is 14.5. The number of amides is 1. The molecule has 22 heavy (non-hydrogen) atoms. The molecule has 0 radical (unpaired) electrons. The van der Waals surface area contributed by atoms with Gasteiger partial charge in [0, 0.05) is 38.8 Å². The van der Waals surface area contributed by atoms with Crippen LogP contribution < -0.4 is 4.90 Å². The highest BCUT2D eigenvalue weighted by atomic mass is 16.2. The largest absolute Gasteiger partial charge is 0.352 e. The quantitative estimate of drug-likeness (QED) is 0.826. The zero-order valence-electron chi connectivity index (χ0n) is 13.2. The number of rotatable bonds is 2. The number of carbonyl (C=O) groups is 1. The molecule has 1 aliphatic rings. The van der Waals surface area contributed by atoms with E-state index >= 15 is 0 Å². The molecule has 1 aliphatic heterocycles. The van der Waals surface area contributed by atoms with Crippen LogP contribution in [0.3, 0.4) is 0 Å². The maximum Gasteiger partial charge on any atom is 0.219 e. The lowest BCUT2D eigenvalue weighted by molar-refractivity contribution is -0.129. The van der Waals surface area contributed by atoms with E-state index in [-0.39, 0.29) is 5.91 Å². The minimum Gasteiger partial charge on any atom is -0.352 e. The molecule has 0 unspecified atom stereocenters. The van der Waals surface area contributed by atoms with Crippen LogP contribution in [0.1, 0.15) is 18.3 Å². The fourth-order valence-corrected chi connectivity index (χ4v) is 2.71. The summed E-state index contributed by atoms with van der Waals surface area (Å²) in [5, 5.41) is 4.44. The molecular formula is C15H20N6O. The third kappa shape index (κ3) is 2.79. The van der Waals surface area contributed by atoms with Crippen molar-refractivity contribution in [3.8, 4) is 5.82 Å². The Bertz CT molecular complexity index is 687. The van der Waals surface area contributed by atoms with Gasteiger partial charge < -0.3 is 9.80 Å². The summed E-state index contributed by atoms with van der Waals surface area (Å²) in [6.45, 7) is 8.56. The molecule has 3 rings (SSSR count). The highest BCUT2D eigenvalue weighted by Crippen LogP contribution is 2.16. The monoisotopic (exact) mass is 300 g/mol. The maximum absolute atomic E-state index is 11.4. The molecule has 7 heteroatoms. The van der Waals surface area contributed by atoms with Crippen LogP contribution in [0.4, 0.5) is 5.82 Å². The highest BCUT2D eigenvalue weighted by Gasteiger charge is 2.20. The number of anilines is 1. The number of hydrogen-bond acceptors (Lipinski definition) is 5. The standard InChI is InChI=1S/C15H20N6O/c1-11-8-12(2)21(18-11)15-10-16-9-14(17-15)20-6-4-19(5-7-20)13(3)22/h8-10H,4-7H2,1-3H3. The molecular weight excluding hydrogens is 280 g/mol. The minimum atomic E-state index is 0.127. The van der Waals surface area contributed by atoms with Crippen LogP contribution in [0, 0.1) is 13.8 Å². The number of hydrogen-bond donors (Lipinski definition) is 0. The predicted molar refractivity (Wildman–Crippen MR) is 83.1 cm³/mol. The molecule has 2 aromatic rings. The Morgan fingerprint density at radius 1 is 1.09 bits per heavy atom. The molecule has 0 aromatic carbocycles. The van der Waals surface area contributed by atoms with Crippen molar-refractivity contribution in [1.82, 2.24) is 24.6 Å². The van der Waals surface area contributed by atoms with Gasteiger partial charge in [-0.2, -0.15) is 5.10 Å². The molecule has 1 saturated heterocycles. The second-order valence-corrected chi connectivity index (χ2v) is 5.57. The summed E-state index contributed by atoms with van der Waals surface area (Å²) in [7, 11) is 0. The van der Waals surface area contributed by atoms with Gasteiger partial charge in [0.2, 0.25) is 5.91 Å². The van der Waals surface area contributed by atoms with Gasteiger partial charge in [0.1, 0.15) is 5.82 Å². The lowest BCUT2D eigenvalue weighted by Crippen LogP contribution is -2.48. The Morgan fingerprint density at radius 3 is 2.36 bits per heavy atom. The third-order valence-corrected chi connectivity index (χ3v) is 3.88. The fourth-order valence-electron chi connectivity index (χ4n) is 2.71. The summed E-state index contributed by atoms with van der Waals surface area (Å²) in [4.78, 5) is 24.4. The molecule has 116 valence electrons. The number of nitrogens with zero attached hydrogens (tertiary/aromatic N) is 6. The minimum absolute atomic E-state index is 0.127. The zero-order chi connectivity index (χ0) is 15.7. The van der Waals surface area contributed by atoms with Crippen molar-refractivity contribution in [3.63, 3.8) is 0 Å². The average molecular weight is 300 g/mol. The Kier molecular flexibility index (Phi) is 3.79. The van der Waals surface area contributed by atoms with Crippen LogP contribution in [0.2, 0.25) is 0 Å². The molecule has 7 nitrogen and oxygen atoms in total. The van der Waals surface area contributed by atoms with Gasteiger partial charge in [0.05, 0.1) is 18.1 Å². The van der Waals surface area contributed by atoms with E-state index in [1.807, 2.05) is 24.8 Å². The van der Waals surface area contributed by atoms with E-state index in [0.29, 0.717) is 0 Å². The van der Waals surface area contributed by atoms with Crippen LogP contribution in [0.15, 0.2) is 18.5 Å². The lowest BCUT2D eigenvalue weighted by atomic mass is 10.3. The second kappa shape index (κ2) is 5.75. The van der Waals surface area contributed by atoms with Gasteiger partial charge >= 0.3 is 0 Å². The second-order valence-electron chi connectivity index (χ2n) is 5.57. The van der Waals surface area contributed by atoms with Crippen LogP contribution in [-0.4, -0.2) is 56.7 Å². The summed E-state index contributed by atoms with van der Waals surface area (Å²) in [6.07, 6.45) is 3.48. The van der Waals surface area contributed by atoms with Crippen LogP contribution >= 0.6 is 0 Å². The van der Waals surface area contributed by atoms with E-state index in [0.717, 1.165) is 49.2 Å². The number of piperazine rings is 1. The maximum atomic E-state index is 11.4. The number of aryl methyl sites for hydroxylation is 2. The van der Waals surface area contributed by atoms with Gasteiger partial charge in [-0.25, -0.2) is 9.67 Å². The van der Waals surface area contributed by atoms with Crippen LogP contribution in [-0.2, 0) is 4.79 Å². The Labute approximate surface area is 129 Å². The van der Waals surface area contributed by atoms with Gasteiger partial charge in [0.15, 0.2) is 5.82 Å². The summed E-state index contributed by atoms with van der Waals surface area (Å²) in [5.41, 5.74) is 1.99. The van der Waals surface area contributed by atoms with Gasteiger partial charge in [-0.3, -0.25) is 9.78 Å². The normalized spacial score (nSPS) is 15.2. The first-order valence-electron chi connectivity index (χ1n) is 7.41. The SMILES string of the molecule is CC(=O)N1CCN(c2cncc(-n3nc(C)cc3C)n2)CC1. The van der Waals surface area contributed by atoms with Crippen molar-refractivity contribution in [2.75, 3.05) is 31.1 Å². The lowest BCUT2D eigenvalue weighted by Gasteiger charge is -2.34. The van der Waals surface area contributed by atoms with E-state index < -0.39 is 0 Å². The summed E-state index contributed by atoms with van der Waals surface area (Å²) >= 11 is 0. The van der Waals surface area contributed by atoms with Crippen molar-refractivity contribution in [1.29, 1.82) is 0 Å². The number of carbonyl (C=O) groups excluding carboxylic acids is 1. The molecule has 1 amide bonds. The van der Waals surface area contributed by atoms with Crippen LogP contribution in [0.25, 0.3) is 5.82 Å². The molecule has 1 fully saturated rings. The van der Waals surface area contributed by atoms with Crippen molar-refractivity contribution in [2.45, 2.75) is 20.8 Å². The Morgan fingerprint density at radius 2 is 1.77 bits per heavy atom. The Balaban J connectivity index is 1.80. The topological polar surface area (TPSA) is 67.2 Å². The van der Waals surface area contributed by atoms with E-state index in [9.17, 15) is 4.79 Å². The smallest absolute Gasteiger partial charge is 0.219 e. The molecule has 0 spiro atoms. The van der Waals surface area contributed by atoms with Crippen LogP contribution in [0.5, 0.6) is 0 Å². The van der Waals surface area contributed by atoms with Crippen molar-refractivity contribution in [2.24, 2.45) is 0 Å². The van der Waals surface area contributed by atoms with Gasteiger partial charge in [-0.15, -0.1) is 0 Å². The van der Waals surface area contributed by atoms with E-state index in [2.05, 4.69) is 20.0 Å². The molecule has 3 heterocycles. The summed E-state index contributed by atoms with van der Waals surface area (Å²) in [5.74, 6) is 1.67. The highest BCUT2D eigenvalue weighted by molar-refractivity contribution is 5.73. The molecule has 0 saturated carbocycles. The van der Waals surface area contributed by atoms with Gasteiger partial charge in [-0.05, 0) is 19.9 Å². The molecule has 0 atom stereocenters. The molecule has 0 bridgehead atoms. The number of aromatic nitrogens is 4. The Hall–Kier alpha value is -2.44. The fraction of sp³-hybridized carbons (Fsp3) is 0.467. The predicted octanol–water partition coefficient (Wildman–Crippen LogP) is 0.948. The van der Waals surface area contributed by atoms with E-state index in [1.165, 1.54) is 0 Å². The zero-order valence-corrected chi connectivity index (χ0v) is 13.2. The summed E-state index contributed by atoms with van der Waals surface area (Å²) < 4.78 is 1.80. The van der Waals surface area contributed by atoms with Crippen molar-refractivity contribution in [3.05, 3.63) is 29.8 Å². The average Bonchev–Trinajstić information content (AvgIpc) is 2.86. The first-order valence-corrected chi connectivity index (χ1v) is 7.41. The molecule has 0 aliphatic carbocycles. The third-order valence-electron chi connectivity index (χ3n) is 3.88. The molecule has 2 aromatic heterocycles. The van der Waals surface area contributed by atoms with E-state index in [1.54, 1.807) is 24.0 Å². The van der Waals surface area contributed by atoms with E-state index in [4.69, 9.17) is 0 Å². The van der Waals surface area contributed by atoms with Crippen molar-refractivity contribution >= 4 is 11.7 Å². The van der Waals surface area contributed by atoms with Gasteiger partial charge in [0.25, 0.3) is 0 Å².